The van der Waals surface area contributed by atoms with E-state index in [1.54, 1.807) is 24.3 Å². The van der Waals surface area contributed by atoms with Gasteiger partial charge in [-0.15, -0.1) is 0 Å². The molecular weight excluding hydrogens is 372 g/mol. The first-order valence-corrected chi connectivity index (χ1v) is 9.98. The molecule has 1 N–H and O–H groups in total. The third kappa shape index (κ3) is 5.08. The highest BCUT2D eigenvalue weighted by Crippen LogP contribution is 2.52. The molecule has 1 aliphatic carbocycles. The van der Waals surface area contributed by atoms with Crippen LogP contribution in [0, 0.1) is 10.8 Å². The van der Waals surface area contributed by atoms with Crippen molar-refractivity contribution in [3.63, 3.8) is 0 Å². The first kappa shape index (κ1) is 21.1. The van der Waals surface area contributed by atoms with E-state index in [0.29, 0.717) is 17.9 Å². The van der Waals surface area contributed by atoms with Crippen LogP contribution in [0.4, 0.5) is 0 Å². The van der Waals surface area contributed by atoms with Crippen molar-refractivity contribution >= 4 is 17.8 Å². The summed E-state index contributed by atoms with van der Waals surface area (Å²) in [5, 5.41) is 2.50. The number of carbonyl (C=O) groups excluding carboxylic acids is 3. The fourth-order valence-electron chi connectivity index (χ4n) is 5.05. The summed E-state index contributed by atoms with van der Waals surface area (Å²) in [6, 6.07) is 6.84. The van der Waals surface area contributed by atoms with Crippen molar-refractivity contribution in [1.82, 2.24) is 10.2 Å². The molecule has 7 nitrogen and oxygen atoms in total. The van der Waals surface area contributed by atoms with Gasteiger partial charge < -0.3 is 19.7 Å². The Kier molecular flexibility index (Phi) is 5.87. The number of carbonyl (C=O) groups is 3. The third-order valence-electron chi connectivity index (χ3n) is 5.82. The lowest BCUT2D eigenvalue weighted by molar-refractivity contribution is -0.151. The van der Waals surface area contributed by atoms with Gasteiger partial charge in [-0.05, 0) is 48.3 Å². The number of hydrogen-bond acceptors (Lipinski definition) is 5. The van der Waals surface area contributed by atoms with Gasteiger partial charge in [0.2, 0.25) is 0 Å². The first-order valence-electron chi connectivity index (χ1n) is 9.98. The van der Waals surface area contributed by atoms with E-state index in [0.717, 1.165) is 19.3 Å². The van der Waals surface area contributed by atoms with Crippen molar-refractivity contribution < 1.29 is 23.9 Å². The zero-order valence-corrected chi connectivity index (χ0v) is 17.6. The van der Waals surface area contributed by atoms with Crippen LogP contribution in [0.5, 0.6) is 5.75 Å². The minimum atomic E-state index is -0.636. The summed E-state index contributed by atoms with van der Waals surface area (Å²) in [6.07, 6.45) is 3.07. The number of nitrogens with zero attached hydrogens (tertiary/aromatic N) is 1. The standard InChI is InChI=1S/C22H30N2O5/c1-21(2)9-16-10-22(3,13-21)14-24(16)18(25)12-29-19(26)11-23-20(27)15-6-5-7-17(8-15)28-4/h5-8,16H,9-14H2,1-4H3,(H,23,27)/t16-,22-/m0/s1. The van der Waals surface area contributed by atoms with E-state index >= 15 is 0 Å². The molecular formula is C22H30N2O5. The summed E-state index contributed by atoms with van der Waals surface area (Å²) in [6.45, 7) is 6.85. The van der Waals surface area contributed by atoms with Gasteiger partial charge in [0.15, 0.2) is 6.61 Å². The van der Waals surface area contributed by atoms with E-state index in [9.17, 15) is 14.4 Å². The largest absolute Gasteiger partial charge is 0.497 e. The number of amides is 2. The number of methoxy groups -OCH3 is 1. The Labute approximate surface area is 171 Å². The molecule has 1 aromatic carbocycles. The molecule has 0 unspecified atom stereocenters. The number of hydrogen-bond donors (Lipinski definition) is 1. The molecule has 158 valence electrons. The third-order valence-corrected chi connectivity index (χ3v) is 5.82. The SMILES string of the molecule is COc1cccc(C(=O)NCC(=O)OCC(=O)N2C[C@@]3(C)C[C@@H]2CC(C)(C)C3)c1. The van der Waals surface area contributed by atoms with E-state index in [2.05, 4.69) is 26.1 Å². The van der Waals surface area contributed by atoms with Crippen LogP contribution in [0.3, 0.4) is 0 Å². The van der Waals surface area contributed by atoms with Crippen LogP contribution in [0.15, 0.2) is 24.3 Å². The van der Waals surface area contributed by atoms with Crippen LogP contribution < -0.4 is 10.1 Å². The van der Waals surface area contributed by atoms with Crippen LogP contribution in [-0.2, 0) is 14.3 Å². The van der Waals surface area contributed by atoms with Gasteiger partial charge in [-0.1, -0.05) is 26.8 Å². The summed E-state index contributed by atoms with van der Waals surface area (Å²) in [4.78, 5) is 38.6. The molecule has 2 fully saturated rings. The second-order valence-electron chi connectivity index (χ2n) is 9.31. The Morgan fingerprint density at radius 3 is 2.69 bits per heavy atom. The van der Waals surface area contributed by atoms with Crippen LogP contribution in [-0.4, -0.2) is 55.5 Å². The average molecular weight is 402 g/mol. The maximum Gasteiger partial charge on any atom is 0.325 e. The number of likely N-dealkylation sites (tertiary alicyclic amines) is 1. The van der Waals surface area contributed by atoms with E-state index in [1.807, 2.05) is 4.90 Å². The predicted octanol–water partition coefficient (Wildman–Crippen LogP) is 2.40. The zero-order valence-electron chi connectivity index (χ0n) is 17.6. The highest BCUT2D eigenvalue weighted by atomic mass is 16.5. The molecule has 3 rings (SSSR count). The molecule has 2 atom stereocenters. The smallest absolute Gasteiger partial charge is 0.325 e. The zero-order chi connectivity index (χ0) is 21.2. The van der Waals surface area contributed by atoms with Crippen molar-refractivity contribution in [3.8, 4) is 5.75 Å². The van der Waals surface area contributed by atoms with Crippen LogP contribution in [0.25, 0.3) is 0 Å². The van der Waals surface area contributed by atoms with Gasteiger partial charge in [0.25, 0.3) is 11.8 Å². The van der Waals surface area contributed by atoms with Gasteiger partial charge in [-0.25, -0.2) is 0 Å². The Morgan fingerprint density at radius 1 is 1.21 bits per heavy atom. The summed E-state index contributed by atoms with van der Waals surface area (Å²) in [7, 11) is 1.51. The molecule has 2 amide bonds. The lowest BCUT2D eigenvalue weighted by Gasteiger charge is -2.39. The monoisotopic (exact) mass is 402 g/mol. The second-order valence-corrected chi connectivity index (χ2v) is 9.31. The lowest BCUT2D eigenvalue weighted by Crippen LogP contribution is -2.40. The highest BCUT2D eigenvalue weighted by Gasteiger charge is 2.50. The normalized spacial score (nSPS) is 24.7. The van der Waals surface area contributed by atoms with Crippen molar-refractivity contribution in [2.45, 2.75) is 46.1 Å². The molecule has 0 spiro atoms. The van der Waals surface area contributed by atoms with Gasteiger partial charge in [-0.2, -0.15) is 0 Å². The van der Waals surface area contributed by atoms with Gasteiger partial charge in [-0.3, -0.25) is 14.4 Å². The summed E-state index contributed by atoms with van der Waals surface area (Å²) in [5.74, 6) is -0.651. The number of rotatable bonds is 6. The Hall–Kier alpha value is -2.57. The molecule has 1 aromatic rings. The van der Waals surface area contributed by atoms with Crippen LogP contribution in [0.2, 0.25) is 0 Å². The minimum absolute atomic E-state index is 0.136. The molecule has 1 aliphatic heterocycles. The highest BCUT2D eigenvalue weighted by molar-refractivity contribution is 5.96. The molecule has 2 bridgehead atoms. The quantitative estimate of drug-likeness (QED) is 0.739. The number of fused-ring (bicyclic) bond motifs is 2. The molecule has 0 radical (unpaired) electrons. The summed E-state index contributed by atoms with van der Waals surface area (Å²) >= 11 is 0. The Bertz CT molecular complexity index is 806. The molecule has 29 heavy (non-hydrogen) atoms. The topological polar surface area (TPSA) is 84.9 Å². The first-order chi connectivity index (χ1) is 13.6. The average Bonchev–Trinajstić information content (AvgIpc) is 2.92. The molecule has 1 saturated heterocycles. The fraction of sp³-hybridized carbons (Fsp3) is 0.591. The van der Waals surface area contributed by atoms with Crippen LogP contribution >= 0.6 is 0 Å². The van der Waals surface area contributed by atoms with Gasteiger partial charge >= 0.3 is 5.97 Å². The molecule has 2 aliphatic rings. The fourth-order valence-corrected chi connectivity index (χ4v) is 5.05. The molecule has 0 aromatic heterocycles. The van der Waals surface area contributed by atoms with Crippen molar-refractivity contribution in [1.29, 1.82) is 0 Å². The number of esters is 1. The van der Waals surface area contributed by atoms with Crippen LogP contribution in [0.1, 0.15) is 50.4 Å². The minimum Gasteiger partial charge on any atom is -0.497 e. The second kappa shape index (κ2) is 8.05. The maximum atomic E-state index is 12.6. The van der Waals surface area contributed by atoms with E-state index in [4.69, 9.17) is 9.47 Å². The van der Waals surface area contributed by atoms with E-state index < -0.39 is 11.9 Å². The van der Waals surface area contributed by atoms with Gasteiger partial charge in [0.1, 0.15) is 12.3 Å². The van der Waals surface area contributed by atoms with E-state index in [1.165, 1.54) is 7.11 Å². The van der Waals surface area contributed by atoms with E-state index in [-0.39, 0.29) is 35.9 Å². The Morgan fingerprint density at radius 2 is 1.97 bits per heavy atom. The summed E-state index contributed by atoms with van der Waals surface area (Å²) < 4.78 is 10.2. The maximum absolute atomic E-state index is 12.6. The van der Waals surface area contributed by atoms with Crippen molar-refractivity contribution in [2.24, 2.45) is 10.8 Å². The van der Waals surface area contributed by atoms with Gasteiger partial charge in [0, 0.05) is 18.2 Å². The number of ether oxygens (including phenoxy) is 2. The number of nitrogens with one attached hydrogen (secondary N) is 1. The van der Waals surface area contributed by atoms with Crippen molar-refractivity contribution in [2.75, 3.05) is 26.8 Å². The molecule has 1 saturated carbocycles. The molecule has 7 heteroatoms. The predicted molar refractivity (Wildman–Crippen MR) is 108 cm³/mol. The Balaban J connectivity index is 1.46. The lowest BCUT2D eigenvalue weighted by atomic mass is 9.65. The van der Waals surface area contributed by atoms with Gasteiger partial charge in [0.05, 0.1) is 7.11 Å². The molecule has 1 heterocycles. The van der Waals surface area contributed by atoms with Crippen molar-refractivity contribution in [3.05, 3.63) is 29.8 Å². The summed E-state index contributed by atoms with van der Waals surface area (Å²) in [5.41, 5.74) is 0.735. The number of benzene rings is 1.